The molecule has 0 radical (unpaired) electrons. The summed E-state index contributed by atoms with van der Waals surface area (Å²) in [6, 6.07) is 0. The fourth-order valence-corrected chi connectivity index (χ4v) is 2.17. The topological polar surface area (TPSA) is 26.3 Å². The molecule has 0 fully saturated rings. The first-order valence-electron chi connectivity index (χ1n) is 8.90. The van der Waals surface area contributed by atoms with Crippen LogP contribution in [0.1, 0.15) is 13.8 Å². The summed E-state index contributed by atoms with van der Waals surface area (Å²) < 4.78 is 307. The molecule has 0 N–H and O–H groups in total. The Hall–Kier alpha value is -2.14. The van der Waals surface area contributed by atoms with E-state index in [9.17, 15) is 106 Å². The van der Waals surface area contributed by atoms with Gasteiger partial charge in [0, 0.05) is 0 Å². The number of halogens is 23. The van der Waals surface area contributed by atoms with E-state index in [0.717, 1.165) is 0 Å². The molecule has 0 aromatic heterocycles. The maximum atomic E-state index is 13.6. The van der Waals surface area contributed by atoms with Crippen LogP contribution in [0.5, 0.6) is 0 Å². The number of esters is 1. The van der Waals surface area contributed by atoms with Crippen LogP contribution in [0.3, 0.4) is 0 Å². The minimum absolute atomic E-state index is 0.466. The van der Waals surface area contributed by atoms with Crippen LogP contribution in [0.2, 0.25) is 0 Å². The second-order valence-corrected chi connectivity index (χ2v) is 7.70. The van der Waals surface area contributed by atoms with Crippen LogP contribution in [-0.4, -0.2) is 77.5 Å². The normalized spacial score (nSPS) is 16.4. The molecule has 0 unspecified atom stereocenters. The van der Waals surface area contributed by atoms with Crippen LogP contribution in [0.25, 0.3) is 0 Å². The van der Waals surface area contributed by atoms with E-state index in [1.54, 1.807) is 0 Å². The van der Waals surface area contributed by atoms with Crippen molar-refractivity contribution in [1.29, 1.82) is 0 Å². The molecular formula is C15H7F23O2. The number of hydrogen-bond donors (Lipinski definition) is 0. The lowest BCUT2D eigenvalue weighted by molar-refractivity contribution is -0.477. The van der Waals surface area contributed by atoms with Crippen molar-refractivity contribution < 1.29 is 111 Å². The highest BCUT2D eigenvalue weighted by Gasteiger charge is 2.99. The zero-order chi connectivity index (χ0) is 33.4. The Bertz CT molecular complexity index is 942. The molecule has 2 nitrogen and oxygen atoms in total. The molecule has 0 rings (SSSR count). The van der Waals surface area contributed by atoms with Crippen molar-refractivity contribution >= 4 is 5.97 Å². The van der Waals surface area contributed by atoms with E-state index in [1.807, 2.05) is 0 Å². The standard InChI is InChI=1S/C15H7F23O2/c1-3(2)40-4(39)5(16,17)6(18,19)7(20,21)8(22,23)9(24,25)10(26,27)11(28,29)12(30,31)13(32,33)14(34,35)15(36,37)38/h3H,1-2H3. The van der Waals surface area contributed by atoms with Gasteiger partial charge in [0.2, 0.25) is 0 Å². The number of rotatable bonds is 11. The van der Waals surface area contributed by atoms with Crippen LogP contribution in [0, 0.1) is 0 Å². The van der Waals surface area contributed by atoms with Gasteiger partial charge in [0.15, 0.2) is 0 Å². The second kappa shape index (κ2) is 9.44. The summed E-state index contributed by atoms with van der Waals surface area (Å²) in [5.41, 5.74) is 0. The molecule has 0 saturated carbocycles. The van der Waals surface area contributed by atoms with E-state index in [4.69, 9.17) is 0 Å². The number of ether oxygens (including phenoxy) is 1. The molecule has 0 heterocycles. The van der Waals surface area contributed by atoms with Crippen LogP contribution in [0.4, 0.5) is 101 Å². The molecule has 0 amide bonds. The van der Waals surface area contributed by atoms with Crippen LogP contribution in [0.15, 0.2) is 0 Å². The monoisotopic (exact) mass is 656 g/mol. The largest absolute Gasteiger partial charge is 0.460 e. The average molecular weight is 656 g/mol. The summed E-state index contributed by atoms with van der Waals surface area (Å²) in [5.74, 6) is -93.4. The van der Waals surface area contributed by atoms with Crippen molar-refractivity contribution in [2.24, 2.45) is 0 Å². The van der Waals surface area contributed by atoms with E-state index < -0.39 is 77.5 Å². The maximum absolute atomic E-state index is 13.6. The predicted molar refractivity (Wildman–Crippen MR) is 76.8 cm³/mol. The molecule has 240 valence electrons. The van der Waals surface area contributed by atoms with E-state index in [1.165, 1.54) is 0 Å². The summed E-state index contributed by atoms with van der Waals surface area (Å²) in [4.78, 5) is 10.9. The zero-order valence-electron chi connectivity index (χ0n) is 18.1. The molecule has 25 heteroatoms. The van der Waals surface area contributed by atoms with E-state index in [2.05, 4.69) is 4.74 Å². The summed E-state index contributed by atoms with van der Waals surface area (Å²) in [6.45, 7) is 0.932. The molecular weight excluding hydrogens is 649 g/mol. The number of alkyl halides is 23. The third-order valence-corrected chi connectivity index (χ3v) is 4.50. The van der Waals surface area contributed by atoms with Gasteiger partial charge < -0.3 is 4.74 Å². The van der Waals surface area contributed by atoms with Gasteiger partial charge in [-0.1, -0.05) is 0 Å². The average Bonchev–Trinajstić information content (AvgIpc) is 2.70. The van der Waals surface area contributed by atoms with E-state index in [0.29, 0.717) is 13.8 Å². The minimum atomic E-state index is -9.48. The third-order valence-electron chi connectivity index (χ3n) is 4.50. The Labute approximate surface area is 203 Å². The number of carbonyl (C=O) groups is 1. The molecule has 0 aromatic rings. The first-order chi connectivity index (χ1) is 16.8. The smallest absolute Gasteiger partial charge is 0.458 e. The van der Waals surface area contributed by atoms with Crippen molar-refractivity contribution in [3.8, 4) is 0 Å². The molecule has 0 aliphatic heterocycles. The van der Waals surface area contributed by atoms with E-state index in [-0.39, 0.29) is 0 Å². The first kappa shape index (κ1) is 37.9. The zero-order valence-corrected chi connectivity index (χ0v) is 18.1. The van der Waals surface area contributed by atoms with E-state index >= 15 is 0 Å². The lowest BCUT2D eigenvalue weighted by Crippen LogP contribution is -2.78. The summed E-state index contributed by atoms with van der Waals surface area (Å²) in [6.07, 6.45) is -10.2. The van der Waals surface area contributed by atoms with Crippen molar-refractivity contribution in [1.82, 2.24) is 0 Å². The Morgan fingerprint density at radius 3 is 0.800 bits per heavy atom. The van der Waals surface area contributed by atoms with Gasteiger partial charge in [-0.15, -0.1) is 0 Å². The van der Waals surface area contributed by atoms with Gasteiger partial charge >= 0.3 is 71.4 Å². The molecule has 0 bridgehead atoms. The number of carbonyl (C=O) groups excluding carboxylic acids is 1. The number of hydrogen-bond acceptors (Lipinski definition) is 2. The molecule has 0 atom stereocenters. The van der Waals surface area contributed by atoms with Crippen molar-refractivity contribution in [2.45, 2.75) is 85.4 Å². The fourth-order valence-electron chi connectivity index (χ4n) is 2.17. The predicted octanol–water partition coefficient (Wildman–Crippen LogP) is 7.85. The highest BCUT2D eigenvalue weighted by Crippen LogP contribution is 2.67. The fraction of sp³-hybridized carbons (Fsp3) is 0.933. The van der Waals surface area contributed by atoms with Gasteiger partial charge in [-0.05, 0) is 13.8 Å². The molecule has 0 aromatic carbocycles. The Morgan fingerprint density at radius 1 is 0.400 bits per heavy atom. The van der Waals surface area contributed by atoms with Crippen molar-refractivity contribution in [3.63, 3.8) is 0 Å². The van der Waals surface area contributed by atoms with Crippen LogP contribution < -0.4 is 0 Å². The Balaban J connectivity index is 7.23. The SMILES string of the molecule is CC(C)OC(=O)C(F)(F)C(F)(F)C(F)(F)C(F)(F)C(F)(F)C(F)(F)C(F)(F)C(F)(F)C(F)(F)C(F)(F)C(F)(F)F. The van der Waals surface area contributed by atoms with Gasteiger partial charge in [0.1, 0.15) is 0 Å². The summed E-state index contributed by atoms with van der Waals surface area (Å²) in [7, 11) is 0. The highest BCUT2D eigenvalue weighted by atomic mass is 19.4. The molecule has 0 spiro atoms. The highest BCUT2D eigenvalue weighted by molar-refractivity contribution is 5.79. The van der Waals surface area contributed by atoms with Gasteiger partial charge in [-0.2, -0.15) is 101 Å². The van der Waals surface area contributed by atoms with Crippen LogP contribution in [-0.2, 0) is 9.53 Å². The third kappa shape index (κ3) is 4.55. The van der Waals surface area contributed by atoms with Gasteiger partial charge in [0.05, 0.1) is 6.10 Å². The van der Waals surface area contributed by atoms with Crippen molar-refractivity contribution in [3.05, 3.63) is 0 Å². The molecule has 0 aliphatic carbocycles. The molecule has 0 aliphatic rings. The second-order valence-electron chi connectivity index (χ2n) is 7.70. The van der Waals surface area contributed by atoms with Gasteiger partial charge in [-0.25, -0.2) is 4.79 Å². The lowest BCUT2D eigenvalue weighted by atomic mass is 9.85. The Morgan fingerprint density at radius 2 is 0.600 bits per heavy atom. The lowest BCUT2D eigenvalue weighted by Gasteiger charge is -2.45. The Kier molecular flexibility index (Phi) is 8.93. The quantitative estimate of drug-likeness (QED) is 0.167. The first-order valence-corrected chi connectivity index (χ1v) is 8.90. The molecule has 0 saturated heterocycles. The molecule has 40 heavy (non-hydrogen) atoms. The van der Waals surface area contributed by atoms with Gasteiger partial charge in [-0.3, -0.25) is 0 Å². The maximum Gasteiger partial charge on any atom is 0.460 e. The summed E-state index contributed by atoms with van der Waals surface area (Å²) >= 11 is 0. The summed E-state index contributed by atoms with van der Waals surface area (Å²) in [5, 5.41) is 0. The van der Waals surface area contributed by atoms with Gasteiger partial charge in [0.25, 0.3) is 0 Å². The van der Waals surface area contributed by atoms with Crippen molar-refractivity contribution in [2.75, 3.05) is 0 Å². The van der Waals surface area contributed by atoms with Crippen LogP contribution >= 0.6 is 0 Å². The minimum Gasteiger partial charge on any atom is -0.458 e.